The summed E-state index contributed by atoms with van der Waals surface area (Å²) in [5, 5.41) is 8.96. The molecule has 98 valence electrons. The number of hydrogen-bond donors (Lipinski definition) is 1. The molecule has 1 amide bonds. The standard InChI is InChI=1S/C12H22N2O3/c1-13(2)11(15)6-4-8-14-7-3-5-10(9-14)12(16)17/h10H,3-9H2,1-2H3,(H,16,17). The van der Waals surface area contributed by atoms with Crippen molar-refractivity contribution in [3.05, 3.63) is 0 Å². The highest BCUT2D eigenvalue weighted by molar-refractivity contribution is 5.75. The molecular weight excluding hydrogens is 220 g/mol. The first-order valence-corrected chi connectivity index (χ1v) is 6.16. The van der Waals surface area contributed by atoms with E-state index in [1.807, 2.05) is 0 Å². The van der Waals surface area contributed by atoms with E-state index in [1.165, 1.54) is 0 Å². The highest BCUT2D eigenvalue weighted by atomic mass is 16.4. The number of carbonyl (C=O) groups excluding carboxylic acids is 1. The molecule has 1 rings (SSSR count). The smallest absolute Gasteiger partial charge is 0.307 e. The second-order valence-corrected chi connectivity index (χ2v) is 4.87. The third-order valence-electron chi connectivity index (χ3n) is 3.22. The fourth-order valence-corrected chi connectivity index (χ4v) is 2.14. The van der Waals surface area contributed by atoms with Gasteiger partial charge in [-0.2, -0.15) is 0 Å². The molecule has 1 atom stereocenters. The Morgan fingerprint density at radius 3 is 2.71 bits per heavy atom. The minimum atomic E-state index is -0.695. The lowest BCUT2D eigenvalue weighted by Crippen LogP contribution is -2.39. The third kappa shape index (κ3) is 4.73. The molecule has 1 N–H and O–H groups in total. The number of hydrogen-bond acceptors (Lipinski definition) is 3. The van der Waals surface area contributed by atoms with Crippen LogP contribution in [-0.2, 0) is 9.59 Å². The average molecular weight is 242 g/mol. The van der Waals surface area contributed by atoms with E-state index >= 15 is 0 Å². The molecule has 0 aromatic rings. The van der Waals surface area contributed by atoms with E-state index in [2.05, 4.69) is 4.90 Å². The Morgan fingerprint density at radius 1 is 1.41 bits per heavy atom. The van der Waals surface area contributed by atoms with E-state index in [9.17, 15) is 9.59 Å². The molecule has 5 heteroatoms. The van der Waals surface area contributed by atoms with Crippen molar-refractivity contribution in [2.45, 2.75) is 25.7 Å². The Labute approximate surface area is 102 Å². The SMILES string of the molecule is CN(C)C(=O)CCCN1CCCC(C(=O)O)C1. The summed E-state index contributed by atoms with van der Waals surface area (Å²) in [5.74, 6) is -0.788. The van der Waals surface area contributed by atoms with Crippen LogP contribution in [-0.4, -0.2) is 60.5 Å². The zero-order chi connectivity index (χ0) is 12.8. The van der Waals surface area contributed by atoms with Crippen molar-refractivity contribution in [2.24, 2.45) is 5.92 Å². The van der Waals surface area contributed by atoms with Crippen molar-refractivity contribution >= 4 is 11.9 Å². The van der Waals surface area contributed by atoms with Crippen molar-refractivity contribution in [3.8, 4) is 0 Å². The fourth-order valence-electron chi connectivity index (χ4n) is 2.14. The minimum Gasteiger partial charge on any atom is -0.481 e. The number of aliphatic carboxylic acids is 1. The number of rotatable bonds is 5. The van der Waals surface area contributed by atoms with E-state index < -0.39 is 5.97 Å². The molecule has 1 saturated heterocycles. The molecule has 0 aromatic carbocycles. The summed E-state index contributed by atoms with van der Waals surface area (Å²) in [4.78, 5) is 26.0. The lowest BCUT2D eigenvalue weighted by Gasteiger charge is -2.30. The molecule has 5 nitrogen and oxygen atoms in total. The first kappa shape index (κ1) is 14.0. The Hall–Kier alpha value is -1.10. The molecule has 0 radical (unpaired) electrons. The van der Waals surface area contributed by atoms with Gasteiger partial charge in [0.15, 0.2) is 0 Å². The van der Waals surface area contributed by atoms with Gasteiger partial charge < -0.3 is 14.9 Å². The number of carbonyl (C=O) groups is 2. The average Bonchev–Trinajstić information content (AvgIpc) is 2.29. The number of piperidine rings is 1. The molecule has 1 unspecified atom stereocenters. The van der Waals surface area contributed by atoms with Crippen molar-refractivity contribution in [2.75, 3.05) is 33.7 Å². The summed E-state index contributed by atoms with van der Waals surface area (Å²) in [6.07, 6.45) is 3.08. The van der Waals surface area contributed by atoms with E-state index in [1.54, 1.807) is 19.0 Å². The topological polar surface area (TPSA) is 60.9 Å². The highest BCUT2D eigenvalue weighted by Crippen LogP contribution is 2.16. The molecule has 0 aromatic heterocycles. The van der Waals surface area contributed by atoms with Gasteiger partial charge in [0.1, 0.15) is 0 Å². The van der Waals surface area contributed by atoms with Crippen molar-refractivity contribution in [1.29, 1.82) is 0 Å². The van der Waals surface area contributed by atoms with Crippen molar-refractivity contribution < 1.29 is 14.7 Å². The zero-order valence-corrected chi connectivity index (χ0v) is 10.7. The quantitative estimate of drug-likeness (QED) is 0.769. The zero-order valence-electron chi connectivity index (χ0n) is 10.7. The van der Waals surface area contributed by atoms with Crippen LogP contribution in [0.4, 0.5) is 0 Å². The van der Waals surface area contributed by atoms with Crippen LogP contribution in [0.25, 0.3) is 0 Å². The lowest BCUT2D eigenvalue weighted by molar-refractivity contribution is -0.143. The van der Waals surface area contributed by atoms with Crippen LogP contribution >= 0.6 is 0 Å². The van der Waals surface area contributed by atoms with Crippen molar-refractivity contribution in [3.63, 3.8) is 0 Å². The molecule has 0 bridgehead atoms. The molecule has 0 aliphatic carbocycles. The molecule has 0 spiro atoms. The largest absolute Gasteiger partial charge is 0.481 e. The van der Waals surface area contributed by atoms with Crippen LogP contribution in [0.15, 0.2) is 0 Å². The summed E-state index contributed by atoms with van der Waals surface area (Å²) >= 11 is 0. The first-order valence-electron chi connectivity index (χ1n) is 6.16. The van der Waals surface area contributed by atoms with Crippen LogP contribution in [0.2, 0.25) is 0 Å². The summed E-state index contributed by atoms with van der Waals surface area (Å²) in [7, 11) is 3.51. The molecule has 17 heavy (non-hydrogen) atoms. The first-order chi connectivity index (χ1) is 8.00. The van der Waals surface area contributed by atoms with Gasteiger partial charge in [0.25, 0.3) is 0 Å². The molecule has 0 saturated carbocycles. The van der Waals surface area contributed by atoms with Crippen LogP contribution in [0.5, 0.6) is 0 Å². The van der Waals surface area contributed by atoms with Crippen LogP contribution < -0.4 is 0 Å². The van der Waals surface area contributed by atoms with Crippen molar-refractivity contribution in [1.82, 2.24) is 9.80 Å². The fraction of sp³-hybridized carbons (Fsp3) is 0.833. The number of likely N-dealkylation sites (tertiary alicyclic amines) is 1. The molecule has 1 aliphatic rings. The Balaban J connectivity index is 2.23. The molecule has 1 aliphatic heterocycles. The predicted molar refractivity (Wildman–Crippen MR) is 64.7 cm³/mol. The second-order valence-electron chi connectivity index (χ2n) is 4.87. The lowest BCUT2D eigenvalue weighted by atomic mass is 9.98. The minimum absolute atomic E-state index is 0.136. The van der Waals surface area contributed by atoms with Crippen LogP contribution in [0.1, 0.15) is 25.7 Å². The second kappa shape index (κ2) is 6.59. The Morgan fingerprint density at radius 2 is 2.12 bits per heavy atom. The van der Waals surface area contributed by atoms with E-state index in [0.29, 0.717) is 13.0 Å². The van der Waals surface area contributed by atoms with Gasteiger partial charge in [0.2, 0.25) is 5.91 Å². The number of amides is 1. The highest BCUT2D eigenvalue weighted by Gasteiger charge is 2.24. The van der Waals surface area contributed by atoms with E-state index in [-0.39, 0.29) is 11.8 Å². The van der Waals surface area contributed by atoms with Gasteiger partial charge in [-0.3, -0.25) is 9.59 Å². The third-order valence-corrected chi connectivity index (χ3v) is 3.22. The van der Waals surface area contributed by atoms with Gasteiger partial charge in [-0.25, -0.2) is 0 Å². The summed E-state index contributed by atoms with van der Waals surface area (Å²) in [5.41, 5.74) is 0. The van der Waals surface area contributed by atoms with Gasteiger partial charge in [-0.15, -0.1) is 0 Å². The maximum atomic E-state index is 11.4. The van der Waals surface area contributed by atoms with Crippen LogP contribution in [0, 0.1) is 5.92 Å². The predicted octanol–water partition coefficient (Wildman–Crippen LogP) is 0.651. The van der Waals surface area contributed by atoms with E-state index in [4.69, 9.17) is 5.11 Å². The Kier molecular flexibility index (Phi) is 5.41. The van der Waals surface area contributed by atoms with Gasteiger partial charge >= 0.3 is 5.97 Å². The Bertz CT molecular complexity index is 279. The summed E-state index contributed by atoms with van der Waals surface area (Å²) < 4.78 is 0. The van der Waals surface area contributed by atoms with E-state index in [0.717, 1.165) is 32.4 Å². The van der Waals surface area contributed by atoms with Gasteiger partial charge in [-0.1, -0.05) is 0 Å². The molecule has 1 fully saturated rings. The van der Waals surface area contributed by atoms with Gasteiger partial charge in [0.05, 0.1) is 5.92 Å². The molecular formula is C12H22N2O3. The number of nitrogens with zero attached hydrogens (tertiary/aromatic N) is 2. The summed E-state index contributed by atoms with van der Waals surface area (Å²) in [6.45, 7) is 2.41. The van der Waals surface area contributed by atoms with Gasteiger partial charge in [0, 0.05) is 27.1 Å². The molecule has 1 heterocycles. The number of carboxylic acid groups (broad SMARTS) is 1. The maximum Gasteiger partial charge on any atom is 0.307 e. The monoisotopic (exact) mass is 242 g/mol. The summed E-state index contributed by atoms with van der Waals surface area (Å²) in [6, 6.07) is 0. The van der Waals surface area contributed by atoms with Crippen LogP contribution in [0.3, 0.4) is 0 Å². The number of carboxylic acids is 1. The normalized spacial score (nSPS) is 21.2. The maximum absolute atomic E-state index is 11.4. The van der Waals surface area contributed by atoms with Gasteiger partial charge in [-0.05, 0) is 32.4 Å².